The minimum Gasteiger partial charge on any atom is -0.334 e. The van der Waals surface area contributed by atoms with E-state index in [0.717, 1.165) is 19.4 Å². The maximum Gasteiger partial charge on any atom is 0.334 e. The summed E-state index contributed by atoms with van der Waals surface area (Å²) in [7, 11) is 0. The third kappa shape index (κ3) is 3.03. The molecule has 0 radical (unpaired) electrons. The number of H-pyrrole nitrogens is 1. The van der Waals surface area contributed by atoms with Gasteiger partial charge in [0, 0.05) is 24.7 Å². The fraction of sp³-hybridized carbons (Fsp3) is 0.364. The van der Waals surface area contributed by atoms with Gasteiger partial charge in [-0.25, -0.2) is 14.2 Å². The molecule has 0 spiro atoms. The molecule has 1 aromatic heterocycles. The summed E-state index contributed by atoms with van der Waals surface area (Å²) in [6.07, 6.45) is 4.23. The highest BCUT2D eigenvalue weighted by atomic mass is 16.2. The van der Waals surface area contributed by atoms with Crippen LogP contribution >= 0.6 is 0 Å². The lowest BCUT2D eigenvalue weighted by Gasteiger charge is -2.39. The summed E-state index contributed by atoms with van der Waals surface area (Å²) in [6.45, 7) is 0.971. The fourth-order valence-electron chi connectivity index (χ4n) is 4.94. The van der Waals surface area contributed by atoms with Crippen LogP contribution in [0.4, 0.5) is 4.79 Å². The molecule has 2 aliphatic heterocycles. The Morgan fingerprint density at radius 1 is 1.00 bits per heavy atom. The van der Waals surface area contributed by atoms with Gasteiger partial charge >= 0.3 is 11.7 Å². The van der Waals surface area contributed by atoms with Gasteiger partial charge in [-0.3, -0.25) is 4.90 Å². The molecule has 0 aliphatic carbocycles. The monoisotopic (exact) mass is 376 g/mol. The van der Waals surface area contributed by atoms with E-state index in [1.165, 1.54) is 23.0 Å². The average Bonchev–Trinajstić information content (AvgIpc) is 3.14. The number of para-hydroxylation sites is 2. The standard InChI is InChI=1S/C22H24N4O2/c27-21(26-20-9-5-4-8-19(20)24-22(26)28)23-16-12-17-10-11-18(13-16)25(17)14-15-6-2-1-3-7-15/h1-9,16-18H,10-14H2,(H,23,27)(H,24,28)/t16-,17+,18-. The first-order chi connectivity index (χ1) is 13.7. The molecule has 0 saturated carbocycles. The van der Waals surface area contributed by atoms with E-state index in [1.807, 2.05) is 24.3 Å². The first-order valence-corrected chi connectivity index (χ1v) is 9.99. The zero-order chi connectivity index (χ0) is 19.1. The van der Waals surface area contributed by atoms with Gasteiger partial charge in [0.2, 0.25) is 0 Å². The highest BCUT2D eigenvalue weighted by molar-refractivity contribution is 5.89. The number of fused-ring (bicyclic) bond motifs is 3. The van der Waals surface area contributed by atoms with Crippen molar-refractivity contribution >= 4 is 17.1 Å². The number of hydrogen-bond acceptors (Lipinski definition) is 3. The van der Waals surface area contributed by atoms with E-state index in [2.05, 4.69) is 39.5 Å². The second kappa shape index (κ2) is 6.95. The van der Waals surface area contributed by atoms with E-state index >= 15 is 0 Å². The molecule has 144 valence electrons. The molecule has 6 heteroatoms. The third-order valence-corrected chi connectivity index (χ3v) is 6.21. The van der Waals surface area contributed by atoms with Crippen LogP contribution < -0.4 is 11.0 Å². The molecule has 3 heterocycles. The lowest BCUT2D eigenvalue weighted by Crippen LogP contribution is -2.51. The molecule has 3 aromatic rings. The SMILES string of the molecule is O=C(N[C@H]1C[C@H]2CC[C@@H](C1)N2Cc1ccccc1)n1c(=O)[nH]c2ccccc21. The summed E-state index contributed by atoms with van der Waals surface area (Å²) >= 11 is 0. The Bertz CT molecular complexity index is 1040. The van der Waals surface area contributed by atoms with Crippen molar-refractivity contribution in [1.82, 2.24) is 19.8 Å². The van der Waals surface area contributed by atoms with Crippen molar-refractivity contribution in [2.45, 2.75) is 50.4 Å². The molecule has 2 aromatic carbocycles. The lowest BCUT2D eigenvalue weighted by atomic mass is 9.96. The first-order valence-electron chi connectivity index (χ1n) is 9.99. The van der Waals surface area contributed by atoms with E-state index in [9.17, 15) is 9.59 Å². The second-order valence-electron chi connectivity index (χ2n) is 7.94. The van der Waals surface area contributed by atoms with E-state index in [4.69, 9.17) is 0 Å². The number of amides is 1. The number of carbonyl (C=O) groups excluding carboxylic acids is 1. The van der Waals surface area contributed by atoms with E-state index in [-0.39, 0.29) is 17.8 Å². The largest absolute Gasteiger partial charge is 0.334 e. The predicted molar refractivity (Wildman–Crippen MR) is 108 cm³/mol. The van der Waals surface area contributed by atoms with Crippen LogP contribution in [0.3, 0.4) is 0 Å². The van der Waals surface area contributed by atoms with Crippen LogP contribution in [0.25, 0.3) is 11.0 Å². The van der Waals surface area contributed by atoms with Gasteiger partial charge < -0.3 is 10.3 Å². The number of benzene rings is 2. The Morgan fingerprint density at radius 2 is 1.68 bits per heavy atom. The summed E-state index contributed by atoms with van der Waals surface area (Å²) < 4.78 is 1.22. The molecule has 2 aliphatic rings. The summed E-state index contributed by atoms with van der Waals surface area (Å²) in [4.78, 5) is 30.4. The number of imidazole rings is 1. The van der Waals surface area contributed by atoms with Gasteiger partial charge in [-0.2, -0.15) is 0 Å². The van der Waals surface area contributed by atoms with Crippen molar-refractivity contribution in [2.24, 2.45) is 0 Å². The normalized spacial score (nSPS) is 24.5. The molecule has 2 fully saturated rings. The van der Waals surface area contributed by atoms with E-state index in [1.54, 1.807) is 6.07 Å². The zero-order valence-corrected chi connectivity index (χ0v) is 15.7. The number of piperidine rings is 1. The molecule has 3 atom stereocenters. The van der Waals surface area contributed by atoms with E-state index in [0.29, 0.717) is 23.1 Å². The molecule has 0 unspecified atom stereocenters. The van der Waals surface area contributed by atoms with Crippen LogP contribution in [0.15, 0.2) is 59.4 Å². The molecule has 2 N–H and O–H groups in total. The summed E-state index contributed by atoms with van der Waals surface area (Å²) in [5, 5.41) is 3.12. The highest BCUT2D eigenvalue weighted by Gasteiger charge is 2.41. The smallest absolute Gasteiger partial charge is 0.334 e. The quantitative estimate of drug-likeness (QED) is 0.738. The van der Waals surface area contributed by atoms with Gasteiger partial charge in [0.1, 0.15) is 0 Å². The van der Waals surface area contributed by atoms with E-state index < -0.39 is 0 Å². The first kappa shape index (κ1) is 17.3. The maximum absolute atomic E-state index is 12.8. The number of aromatic amines is 1. The molecule has 5 rings (SSSR count). The topological polar surface area (TPSA) is 70.1 Å². The molecule has 6 nitrogen and oxygen atoms in total. The van der Waals surface area contributed by atoms with Crippen LogP contribution in [-0.4, -0.2) is 38.6 Å². The fourth-order valence-corrected chi connectivity index (χ4v) is 4.94. The predicted octanol–water partition coefficient (Wildman–Crippen LogP) is 3.08. The number of aromatic nitrogens is 2. The van der Waals surface area contributed by atoms with Gasteiger partial charge in [-0.1, -0.05) is 42.5 Å². The highest BCUT2D eigenvalue weighted by Crippen LogP contribution is 2.36. The molecule has 2 saturated heterocycles. The van der Waals surface area contributed by atoms with Gasteiger partial charge in [0.05, 0.1) is 11.0 Å². The molecule has 1 amide bonds. The Hall–Kier alpha value is -2.86. The van der Waals surface area contributed by atoms with Crippen LogP contribution in [0, 0.1) is 0 Å². The van der Waals surface area contributed by atoms with Crippen molar-refractivity contribution in [3.8, 4) is 0 Å². The minimum atomic E-state index is -0.386. The summed E-state index contributed by atoms with van der Waals surface area (Å²) in [5.41, 5.74) is 2.25. The Balaban J connectivity index is 1.30. The Kier molecular flexibility index (Phi) is 4.28. The van der Waals surface area contributed by atoms with Crippen molar-refractivity contribution in [2.75, 3.05) is 0 Å². The van der Waals surface area contributed by atoms with Crippen molar-refractivity contribution < 1.29 is 4.79 Å². The number of nitrogens with one attached hydrogen (secondary N) is 2. The second-order valence-corrected chi connectivity index (χ2v) is 7.94. The summed E-state index contributed by atoms with van der Waals surface area (Å²) in [5.74, 6) is 0. The maximum atomic E-state index is 12.8. The molecule has 2 bridgehead atoms. The van der Waals surface area contributed by atoms with Crippen LogP contribution in [0.2, 0.25) is 0 Å². The number of hydrogen-bond donors (Lipinski definition) is 2. The van der Waals surface area contributed by atoms with Crippen LogP contribution in [0.5, 0.6) is 0 Å². The van der Waals surface area contributed by atoms with Crippen LogP contribution in [-0.2, 0) is 6.54 Å². The average molecular weight is 376 g/mol. The number of rotatable bonds is 3. The van der Waals surface area contributed by atoms with Gasteiger partial charge in [-0.05, 0) is 43.4 Å². The lowest BCUT2D eigenvalue weighted by molar-refractivity contribution is 0.111. The number of carbonyl (C=O) groups is 1. The summed E-state index contributed by atoms with van der Waals surface area (Å²) in [6, 6.07) is 18.6. The zero-order valence-electron chi connectivity index (χ0n) is 15.7. The van der Waals surface area contributed by atoms with Gasteiger partial charge in [0.15, 0.2) is 0 Å². The molecule has 28 heavy (non-hydrogen) atoms. The molecular formula is C22H24N4O2. The Morgan fingerprint density at radius 3 is 2.43 bits per heavy atom. The van der Waals surface area contributed by atoms with Crippen molar-refractivity contribution in [3.63, 3.8) is 0 Å². The Labute approximate surface area is 163 Å². The van der Waals surface area contributed by atoms with Crippen molar-refractivity contribution in [3.05, 3.63) is 70.6 Å². The van der Waals surface area contributed by atoms with Gasteiger partial charge in [-0.15, -0.1) is 0 Å². The van der Waals surface area contributed by atoms with Crippen LogP contribution in [0.1, 0.15) is 31.2 Å². The minimum absolute atomic E-state index is 0.109. The number of nitrogens with zero attached hydrogens (tertiary/aromatic N) is 2. The molecular weight excluding hydrogens is 352 g/mol. The van der Waals surface area contributed by atoms with Gasteiger partial charge in [0.25, 0.3) is 0 Å². The van der Waals surface area contributed by atoms with Crippen molar-refractivity contribution in [1.29, 1.82) is 0 Å². The third-order valence-electron chi connectivity index (χ3n) is 6.21.